The Morgan fingerprint density at radius 2 is 1.06 bits per heavy atom. The van der Waals surface area contributed by atoms with Crippen LogP contribution in [0.5, 0.6) is 0 Å². The molecule has 0 atom stereocenters. The zero-order valence-electron chi connectivity index (χ0n) is 8.88. The van der Waals surface area contributed by atoms with E-state index in [1.54, 1.807) is 12.4 Å². The van der Waals surface area contributed by atoms with E-state index in [-0.39, 0.29) is 17.1 Å². The van der Waals surface area contributed by atoms with Crippen molar-refractivity contribution in [2.24, 2.45) is 0 Å². The molecule has 2 aromatic rings. The van der Waals surface area contributed by atoms with Crippen LogP contribution in [0.15, 0.2) is 48.8 Å². The third-order valence-electron chi connectivity index (χ3n) is 1.59. The number of rotatable bonds is 1. The van der Waals surface area contributed by atoms with Gasteiger partial charge in [0.2, 0.25) is 0 Å². The summed E-state index contributed by atoms with van der Waals surface area (Å²) in [5.41, 5.74) is 1.83. The maximum Gasteiger partial charge on any atom is 2.00 e. The molecule has 0 amide bonds. The second-order valence-electron chi connectivity index (χ2n) is 2.81. The largest absolute Gasteiger partial charge is 2.00 e. The van der Waals surface area contributed by atoms with Crippen LogP contribution in [0.4, 0.5) is 0 Å². The number of pyridine rings is 2. The molecule has 0 fully saturated rings. The van der Waals surface area contributed by atoms with Crippen LogP contribution in [-0.2, 0) is 17.1 Å². The van der Waals surface area contributed by atoms with Crippen molar-refractivity contribution in [2.75, 3.05) is 0 Å². The van der Waals surface area contributed by atoms with Gasteiger partial charge in [-0.25, -0.2) is 18.6 Å². The van der Waals surface area contributed by atoms with Crippen molar-refractivity contribution in [1.82, 2.24) is 9.97 Å². The molecule has 6 nitrogen and oxygen atoms in total. The Morgan fingerprint density at radius 3 is 1.28 bits per heavy atom. The molecule has 0 bridgehead atoms. The van der Waals surface area contributed by atoms with Crippen molar-refractivity contribution in [3.05, 3.63) is 48.8 Å². The van der Waals surface area contributed by atoms with E-state index in [1.165, 1.54) is 0 Å². The Balaban J connectivity index is 0.000000421. The Bertz CT molecular complexity index is 395. The number of hydrogen-bond acceptors (Lipinski definition) is 6. The fourth-order valence-electron chi connectivity index (χ4n) is 1.03. The number of aromatic nitrogens is 2. The minimum absolute atomic E-state index is 0. The van der Waals surface area contributed by atoms with Crippen molar-refractivity contribution in [2.45, 2.75) is 0 Å². The van der Waals surface area contributed by atoms with Crippen molar-refractivity contribution in [3.63, 3.8) is 0 Å². The predicted octanol–water partition coefficient (Wildman–Crippen LogP) is -2.61. The molecule has 8 heteroatoms. The SMILES string of the molecule is [Fe+2].[O-][Cl+3]([O-])([O-])[O-].c1ccc(-c2ccccn2)nc1. The molecule has 0 N–H and O–H groups in total. The third kappa shape index (κ3) is 8.10. The van der Waals surface area contributed by atoms with Crippen LogP contribution in [0.1, 0.15) is 0 Å². The second kappa shape index (κ2) is 8.12. The minimum Gasteiger partial charge on any atom is -0.255 e. The average molecular weight is 311 g/mol. The van der Waals surface area contributed by atoms with E-state index in [0.717, 1.165) is 11.4 Å². The molecule has 0 spiro atoms. The molecule has 2 rings (SSSR count). The average Bonchev–Trinajstić information content (AvgIpc) is 2.29. The third-order valence-corrected chi connectivity index (χ3v) is 1.59. The summed E-state index contributed by atoms with van der Waals surface area (Å²) >= 11 is 0. The molecule has 2 heterocycles. The second-order valence-corrected chi connectivity index (χ2v) is 3.56. The van der Waals surface area contributed by atoms with Crippen molar-refractivity contribution >= 4 is 0 Å². The molecule has 0 saturated heterocycles. The van der Waals surface area contributed by atoms with Gasteiger partial charge in [-0.05, 0) is 24.3 Å². The molecule has 0 unspecified atom stereocenters. The fraction of sp³-hybridized carbons (Fsp3) is 0. The first-order chi connectivity index (χ1) is 7.97. The summed E-state index contributed by atoms with van der Waals surface area (Å²) in [4.78, 5) is 8.37. The zero-order valence-corrected chi connectivity index (χ0v) is 10.7. The van der Waals surface area contributed by atoms with Crippen LogP contribution in [0.25, 0.3) is 11.4 Å². The van der Waals surface area contributed by atoms with Crippen LogP contribution in [0.2, 0.25) is 0 Å². The maximum absolute atomic E-state index is 8.49. The normalized spacial score (nSPS) is 9.78. The van der Waals surface area contributed by atoms with Gasteiger partial charge in [-0.15, -0.1) is 10.2 Å². The summed E-state index contributed by atoms with van der Waals surface area (Å²) < 4.78 is 34.0. The minimum atomic E-state index is -4.94. The van der Waals surface area contributed by atoms with E-state index in [2.05, 4.69) is 9.97 Å². The molecular formula is C10H8ClFeN2O4+. The standard InChI is InChI=1S/C10H8N2.ClHO4.Fe/c1-3-7-11-9(5-1)10-6-2-4-8-12-10;2-1(3,4)5;/h1-8H;(H,2,3,4,5);/q;;+2/p-1. The van der Waals surface area contributed by atoms with Gasteiger partial charge in [0.05, 0.1) is 11.4 Å². The van der Waals surface area contributed by atoms with Crippen LogP contribution < -0.4 is 18.6 Å². The van der Waals surface area contributed by atoms with Crippen LogP contribution in [-0.4, -0.2) is 9.97 Å². The summed E-state index contributed by atoms with van der Waals surface area (Å²) in [6.45, 7) is 0. The van der Waals surface area contributed by atoms with Crippen LogP contribution >= 0.6 is 0 Å². The molecule has 0 aliphatic rings. The summed E-state index contributed by atoms with van der Waals surface area (Å²) in [5.74, 6) is 0. The van der Waals surface area contributed by atoms with Gasteiger partial charge in [-0.3, -0.25) is 9.97 Å². The number of halogens is 1. The van der Waals surface area contributed by atoms with Gasteiger partial charge >= 0.3 is 17.1 Å². The van der Waals surface area contributed by atoms with Gasteiger partial charge in [0.15, 0.2) is 0 Å². The molecule has 96 valence electrons. The number of hydrogen-bond donors (Lipinski definition) is 0. The van der Waals surface area contributed by atoms with Crippen LogP contribution in [0.3, 0.4) is 0 Å². The Kier molecular flexibility index (Phi) is 7.65. The van der Waals surface area contributed by atoms with Crippen molar-refractivity contribution in [3.8, 4) is 11.4 Å². The van der Waals surface area contributed by atoms with Gasteiger partial charge in [-0.2, -0.15) is 0 Å². The van der Waals surface area contributed by atoms with E-state index in [1.807, 2.05) is 36.4 Å². The van der Waals surface area contributed by atoms with Crippen LogP contribution in [0, 0.1) is 10.2 Å². The monoisotopic (exact) mass is 311 g/mol. The first-order valence-corrected chi connectivity index (χ1v) is 5.64. The summed E-state index contributed by atoms with van der Waals surface area (Å²) in [6, 6.07) is 11.6. The molecular weight excluding hydrogens is 303 g/mol. The molecule has 2 aromatic heterocycles. The van der Waals surface area contributed by atoms with E-state index < -0.39 is 10.2 Å². The molecule has 0 aliphatic carbocycles. The molecule has 0 aliphatic heterocycles. The van der Waals surface area contributed by atoms with E-state index in [0.29, 0.717) is 0 Å². The quantitative estimate of drug-likeness (QED) is 0.532. The Labute approximate surface area is 116 Å². The number of nitrogens with zero attached hydrogens (tertiary/aromatic N) is 2. The van der Waals surface area contributed by atoms with Gasteiger partial charge in [-0.1, -0.05) is 12.1 Å². The fourth-order valence-corrected chi connectivity index (χ4v) is 1.03. The van der Waals surface area contributed by atoms with Crippen molar-refractivity contribution < 1.29 is 45.9 Å². The topological polar surface area (TPSA) is 118 Å². The first-order valence-electron chi connectivity index (χ1n) is 4.41. The molecule has 0 aromatic carbocycles. The van der Waals surface area contributed by atoms with Gasteiger partial charge in [0.25, 0.3) is 0 Å². The predicted molar refractivity (Wildman–Crippen MR) is 47.5 cm³/mol. The first kappa shape index (κ1) is 16.9. The van der Waals surface area contributed by atoms with Gasteiger partial charge < -0.3 is 0 Å². The Hall–Kier alpha value is -1.05. The van der Waals surface area contributed by atoms with E-state index >= 15 is 0 Å². The smallest absolute Gasteiger partial charge is 0.255 e. The molecule has 0 radical (unpaired) electrons. The van der Waals surface area contributed by atoms with Gasteiger partial charge in [0, 0.05) is 12.4 Å². The van der Waals surface area contributed by atoms with Gasteiger partial charge in [0.1, 0.15) is 0 Å². The van der Waals surface area contributed by atoms with E-state index in [9.17, 15) is 0 Å². The molecule has 0 saturated carbocycles. The summed E-state index contributed by atoms with van der Waals surface area (Å²) in [5, 5.41) is 0. The summed E-state index contributed by atoms with van der Waals surface area (Å²) in [7, 11) is -4.94. The van der Waals surface area contributed by atoms with Crippen molar-refractivity contribution in [1.29, 1.82) is 0 Å². The van der Waals surface area contributed by atoms with E-state index in [4.69, 9.17) is 18.6 Å². The Morgan fingerprint density at radius 1 is 0.722 bits per heavy atom. The molecule has 18 heavy (non-hydrogen) atoms. The maximum atomic E-state index is 8.49. The summed E-state index contributed by atoms with van der Waals surface area (Å²) in [6.07, 6.45) is 3.54. The zero-order chi connectivity index (χ0) is 12.7.